The van der Waals surface area contributed by atoms with Crippen molar-refractivity contribution >= 4 is 29.3 Å². The molecular formula is C24H25N3O5S. The van der Waals surface area contributed by atoms with E-state index in [1.165, 1.54) is 21.3 Å². The summed E-state index contributed by atoms with van der Waals surface area (Å²) < 4.78 is 16.2. The molecule has 0 unspecified atom stereocenters. The molecule has 0 bridgehead atoms. The number of hydrogen-bond donors (Lipinski definition) is 2. The van der Waals surface area contributed by atoms with E-state index in [9.17, 15) is 14.9 Å². The zero-order valence-corrected chi connectivity index (χ0v) is 19.7. The van der Waals surface area contributed by atoms with Crippen LogP contribution in [0.25, 0.3) is 0 Å². The Morgan fingerprint density at radius 3 is 2.33 bits per heavy atom. The molecule has 2 aromatic carbocycles. The van der Waals surface area contributed by atoms with Crippen molar-refractivity contribution in [2.75, 3.05) is 32.4 Å². The summed E-state index contributed by atoms with van der Waals surface area (Å²) in [5, 5.41) is 15.8. The molecule has 1 heterocycles. The molecule has 1 atom stereocenters. The number of nitrogens with zero attached hydrogens (tertiary/aromatic N) is 1. The van der Waals surface area contributed by atoms with Gasteiger partial charge in [0.05, 0.1) is 43.8 Å². The number of methoxy groups -OCH3 is 3. The number of carbonyl (C=O) groups is 2. The lowest BCUT2D eigenvalue weighted by Crippen LogP contribution is -2.31. The van der Waals surface area contributed by atoms with Crippen molar-refractivity contribution in [3.8, 4) is 23.3 Å². The zero-order valence-electron chi connectivity index (χ0n) is 18.9. The summed E-state index contributed by atoms with van der Waals surface area (Å²) in [4.78, 5) is 24.9. The lowest BCUT2D eigenvalue weighted by atomic mass is 9.86. The number of amides is 2. The monoisotopic (exact) mass is 467 g/mol. The van der Waals surface area contributed by atoms with Crippen LogP contribution in [0.15, 0.2) is 47.0 Å². The minimum absolute atomic E-state index is 0.0383. The van der Waals surface area contributed by atoms with Crippen molar-refractivity contribution < 1.29 is 23.8 Å². The highest BCUT2D eigenvalue weighted by atomic mass is 32.2. The Labute approximate surface area is 196 Å². The van der Waals surface area contributed by atoms with E-state index in [1.807, 2.05) is 31.2 Å². The fourth-order valence-corrected chi connectivity index (χ4v) is 4.37. The van der Waals surface area contributed by atoms with E-state index < -0.39 is 5.92 Å². The molecular weight excluding hydrogens is 442 g/mol. The molecule has 2 amide bonds. The molecule has 0 spiro atoms. The van der Waals surface area contributed by atoms with Gasteiger partial charge >= 0.3 is 0 Å². The highest BCUT2D eigenvalue weighted by Gasteiger charge is 2.31. The molecule has 33 heavy (non-hydrogen) atoms. The molecule has 0 radical (unpaired) electrons. The van der Waals surface area contributed by atoms with Gasteiger partial charge in [0.1, 0.15) is 0 Å². The zero-order chi connectivity index (χ0) is 24.0. The molecule has 0 fully saturated rings. The van der Waals surface area contributed by atoms with Gasteiger partial charge in [0, 0.05) is 18.0 Å². The fourth-order valence-electron chi connectivity index (χ4n) is 3.49. The van der Waals surface area contributed by atoms with E-state index in [0.29, 0.717) is 39.1 Å². The van der Waals surface area contributed by atoms with Gasteiger partial charge in [-0.25, -0.2) is 0 Å². The van der Waals surface area contributed by atoms with Gasteiger partial charge in [-0.15, -0.1) is 0 Å². The largest absolute Gasteiger partial charge is 0.493 e. The molecule has 9 heteroatoms. The van der Waals surface area contributed by atoms with Gasteiger partial charge in [-0.3, -0.25) is 9.59 Å². The highest BCUT2D eigenvalue weighted by molar-refractivity contribution is 8.03. The second-order valence-corrected chi connectivity index (χ2v) is 8.31. The first-order valence-electron chi connectivity index (χ1n) is 10.1. The smallest absolute Gasteiger partial charge is 0.234 e. The van der Waals surface area contributed by atoms with Crippen LogP contribution in [0.3, 0.4) is 0 Å². The van der Waals surface area contributed by atoms with Gasteiger partial charge in [-0.2, -0.15) is 5.26 Å². The van der Waals surface area contributed by atoms with Crippen molar-refractivity contribution in [3.05, 3.63) is 58.1 Å². The number of carbonyl (C=O) groups excluding carboxylic acids is 2. The van der Waals surface area contributed by atoms with Crippen LogP contribution in [-0.4, -0.2) is 38.9 Å². The third-order valence-electron chi connectivity index (χ3n) is 5.13. The predicted molar refractivity (Wildman–Crippen MR) is 127 cm³/mol. The van der Waals surface area contributed by atoms with E-state index in [0.717, 1.165) is 17.3 Å². The molecule has 0 saturated carbocycles. The summed E-state index contributed by atoms with van der Waals surface area (Å²) in [6.07, 6.45) is 0.0845. The minimum Gasteiger partial charge on any atom is -0.493 e. The first-order valence-corrected chi connectivity index (χ1v) is 11.1. The molecule has 2 aromatic rings. The van der Waals surface area contributed by atoms with Crippen LogP contribution >= 0.6 is 11.8 Å². The summed E-state index contributed by atoms with van der Waals surface area (Å²) in [7, 11) is 4.51. The number of benzene rings is 2. The average Bonchev–Trinajstić information content (AvgIpc) is 2.82. The predicted octanol–water partition coefficient (Wildman–Crippen LogP) is 3.73. The number of ether oxygens (including phenoxy) is 3. The van der Waals surface area contributed by atoms with Crippen LogP contribution in [0, 0.1) is 18.3 Å². The van der Waals surface area contributed by atoms with E-state index in [-0.39, 0.29) is 24.0 Å². The quantitative estimate of drug-likeness (QED) is 0.609. The Balaban J connectivity index is 1.85. The van der Waals surface area contributed by atoms with Crippen molar-refractivity contribution in [1.29, 1.82) is 5.26 Å². The molecule has 1 aliphatic heterocycles. The van der Waals surface area contributed by atoms with Gasteiger partial charge in [0.15, 0.2) is 11.5 Å². The van der Waals surface area contributed by atoms with Gasteiger partial charge < -0.3 is 24.8 Å². The van der Waals surface area contributed by atoms with Gasteiger partial charge in [0.2, 0.25) is 17.6 Å². The fraction of sp³-hybridized carbons (Fsp3) is 0.292. The number of allylic oxidation sites excluding steroid dienone is 1. The summed E-state index contributed by atoms with van der Waals surface area (Å²) in [6, 6.07) is 13.1. The Morgan fingerprint density at radius 1 is 1.15 bits per heavy atom. The van der Waals surface area contributed by atoms with E-state index in [2.05, 4.69) is 16.7 Å². The normalized spacial score (nSPS) is 15.4. The lowest BCUT2D eigenvalue weighted by molar-refractivity contribution is -0.121. The lowest BCUT2D eigenvalue weighted by Gasteiger charge is -2.26. The number of anilines is 1. The number of hydrogen-bond acceptors (Lipinski definition) is 7. The van der Waals surface area contributed by atoms with E-state index >= 15 is 0 Å². The second-order valence-electron chi connectivity index (χ2n) is 7.32. The number of rotatable bonds is 8. The standard InChI is InChI=1S/C24H25N3O5S/c1-14-5-7-16(8-6-14)26-22(29)13-33-24-18(12-25)17(11-21(28)27-24)15-9-19(30-2)23(32-4)20(10-15)31-3/h5-10,17H,11,13H2,1-4H3,(H,26,29)(H,27,28)/t17-/m0/s1. The molecule has 0 saturated heterocycles. The third-order valence-corrected chi connectivity index (χ3v) is 6.15. The highest BCUT2D eigenvalue weighted by Crippen LogP contribution is 2.44. The topological polar surface area (TPSA) is 110 Å². The number of thioether (sulfide) groups is 1. The maximum Gasteiger partial charge on any atom is 0.234 e. The maximum atomic E-state index is 12.5. The minimum atomic E-state index is -0.514. The second kappa shape index (κ2) is 10.8. The molecule has 0 aromatic heterocycles. The van der Waals surface area contributed by atoms with E-state index in [4.69, 9.17) is 14.2 Å². The summed E-state index contributed by atoms with van der Waals surface area (Å²) >= 11 is 1.12. The Kier molecular flexibility index (Phi) is 7.85. The first-order chi connectivity index (χ1) is 15.9. The number of aryl methyl sites for hydroxylation is 1. The van der Waals surface area contributed by atoms with Crippen molar-refractivity contribution in [3.63, 3.8) is 0 Å². The molecule has 172 valence electrons. The first kappa shape index (κ1) is 24.0. The van der Waals surface area contributed by atoms with Crippen molar-refractivity contribution in [2.45, 2.75) is 19.3 Å². The Hall–Kier alpha value is -3.64. The van der Waals surface area contributed by atoms with Crippen LogP contribution in [0.4, 0.5) is 5.69 Å². The molecule has 1 aliphatic rings. The summed E-state index contributed by atoms with van der Waals surface area (Å²) in [5.74, 6) is 0.334. The van der Waals surface area contributed by atoms with Crippen molar-refractivity contribution in [2.24, 2.45) is 0 Å². The molecule has 3 rings (SSSR count). The van der Waals surface area contributed by atoms with E-state index in [1.54, 1.807) is 12.1 Å². The van der Waals surface area contributed by atoms with Crippen LogP contribution in [0.1, 0.15) is 23.5 Å². The third kappa shape index (κ3) is 5.59. The Bertz CT molecular complexity index is 1100. The summed E-state index contributed by atoms with van der Waals surface area (Å²) in [5.41, 5.74) is 2.83. The molecule has 0 aliphatic carbocycles. The molecule has 2 N–H and O–H groups in total. The number of nitriles is 1. The van der Waals surface area contributed by atoms with Crippen LogP contribution < -0.4 is 24.8 Å². The van der Waals surface area contributed by atoms with Gasteiger partial charge in [-0.05, 0) is 36.8 Å². The molecule has 8 nitrogen and oxygen atoms in total. The summed E-state index contributed by atoms with van der Waals surface area (Å²) in [6.45, 7) is 1.97. The maximum absolute atomic E-state index is 12.5. The average molecular weight is 468 g/mol. The van der Waals surface area contributed by atoms with Crippen LogP contribution in [0.5, 0.6) is 17.2 Å². The van der Waals surface area contributed by atoms with Crippen LogP contribution in [-0.2, 0) is 9.59 Å². The van der Waals surface area contributed by atoms with Crippen LogP contribution in [0.2, 0.25) is 0 Å². The number of nitrogens with one attached hydrogen (secondary N) is 2. The van der Waals surface area contributed by atoms with Gasteiger partial charge in [0.25, 0.3) is 0 Å². The Morgan fingerprint density at radius 2 is 1.79 bits per heavy atom. The van der Waals surface area contributed by atoms with Crippen molar-refractivity contribution in [1.82, 2.24) is 5.32 Å². The van der Waals surface area contributed by atoms with Gasteiger partial charge in [-0.1, -0.05) is 29.5 Å². The SMILES string of the molecule is COc1cc([C@@H]2CC(=O)NC(SCC(=O)Nc3ccc(C)cc3)=C2C#N)cc(OC)c1OC.